The molecule has 98 valence electrons. The Morgan fingerprint density at radius 2 is 2.11 bits per heavy atom. The third-order valence-corrected chi connectivity index (χ3v) is 3.98. The number of hydrogen-bond acceptors (Lipinski definition) is 3. The van der Waals surface area contributed by atoms with Crippen molar-refractivity contribution in [1.29, 1.82) is 0 Å². The van der Waals surface area contributed by atoms with E-state index in [1.807, 2.05) is 18.2 Å². The molecule has 3 nitrogen and oxygen atoms in total. The molecule has 1 saturated carbocycles. The highest BCUT2D eigenvalue weighted by Crippen LogP contribution is 2.33. The summed E-state index contributed by atoms with van der Waals surface area (Å²) in [4.78, 5) is 4.82. The fourth-order valence-corrected chi connectivity index (χ4v) is 2.86. The predicted molar refractivity (Wildman–Crippen MR) is 83.4 cm³/mol. The topological polar surface area (TPSA) is 50.9 Å². The van der Waals surface area contributed by atoms with E-state index in [0.29, 0.717) is 11.0 Å². The standard InChI is InChI=1S/C15H17N3S/c1-9-6-10(7-9)18-14-11-4-2-3-5-13(11)17-8-12(14)15(16)19/h2-5,8-10H,6-7H2,1H3,(H2,16,19)(H,17,18). The third-order valence-electron chi connectivity index (χ3n) is 3.76. The van der Waals surface area contributed by atoms with Gasteiger partial charge in [0.05, 0.1) is 16.8 Å². The van der Waals surface area contributed by atoms with Gasteiger partial charge in [-0.05, 0) is 24.8 Å². The molecule has 0 amide bonds. The van der Waals surface area contributed by atoms with Crippen LogP contribution in [0.1, 0.15) is 25.3 Å². The van der Waals surface area contributed by atoms with E-state index in [0.717, 1.165) is 28.1 Å². The second-order valence-corrected chi connectivity index (χ2v) is 5.79. The highest BCUT2D eigenvalue weighted by molar-refractivity contribution is 7.80. The molecule has 0 saturated heterocycles. The van der Waals surface area contributed by atoms with Crippen LogP contribution >= 0.6 is 12.2 Å². The molecule has 0 radical (unpaired) electrons. The molecule has 0 atom stereocenters. The number of fused-ring (bicyclic) bond motifs is 1. The average molecular weight is 271 g/mol. The van der Waals surface area contributed by atoms with Gasteiger partial charge in [0.2, 0.25) is 0 Å². The average Bonchev–Trinajstić information content (AvgIpc) is 2.36. The lowest BCUT2D eigenvalue weighted by molar-refractivity contribution is 0.309. The van der Waals surface area contributed by atoms with E-state index in [1.54, 1.807) is 6.20 Å². The lowest BCUT2D eigenvalue weighted by Gasteiger charge is -2.35. The van der Waals surface area contributed by atoms with Crippen molar-refractivity contribution in [3.8, 4) is 0 Å². The van der Waals surface area contributed by atoms with Gasteiger partial charge in [0.1, 0.15) is 4.99 Å². The maximum absolute atomic E-state index is 5.82. The van der Waals surface area contributed by atoms with Crippen LogP contribution < -0.4 is 11.1 Å². The number of nitrogens with one attached hydrogen (secondary N) is 1. The molecular weight excluding hydrogens is 254 g/mol. The Morgan fingerprint density at radius 1 is 1.37 bits per heavy atom. The van der Waals surface area contributed by atoms with Crippen LogP contribution in [-0.2, 0) is 0 Å². The number of rotatable bonds is 3. The Kier molecular flexibility index (Phi) is 3.11. The van der Waals surface area contributed by atoms with Crippen LogP contribution in [-0.4, -0.2) is 16.0 Å². The Hall–Kier alpha value is -1.68. The van der Waals surface area contributed by atoms with Crippen molar-refractivity contribution in [1.82, 2.24) is 4.98 Å². The fourth-order valence-electron chi connectivity index (χ4n) is 2.71. The largest absolute Gasteiger partial charge is 0.389 e. The van der Waals surface area contributed by atoms with Crippen LogP contribution in [0.5, 0.6) is 0 Å². The second kappa shape index (κ2) is 4.78. The fraction of sp³-hybridized carbons (Fsp3) is 0.333. The van der Waals surface area contributed by atoms with Crippen molar-refractivity contribution < 1.29 is 0 Å². The van der Waals surface area contributed by atoms with Crippen LogP contribution in [0.3, 0.4) is 0 Å². The van der Waals surface area contributed by atoms with Gasteiger partial charge in [0.25, 0.3) is 0 Å². The minimum absolute atomic E-state index is 0.396. The number of para-hydroxylation sites is 1. The monoisotopic (exact) mass is 271 g/mol. The van der Waals surface area contributed by atoms with Crippen LogP contribution in [0.25, 0.3) is 10.9 Å². The third kappa shape index (κ3) is 2.28. The maximum Gasteiger partial charge on any atom is 0.107 e. The van der Waals surface area contributed by atoms with Crippen LogP contribution in [0, 0.1) is 5.92 Å². The number of pyridine rings is 1. The number of nitrogens with two attached hydrogens (primary N) is 1. The number of aromatic nitrogens is 1. The molecule has 1 fully saturated rings. The van der Waals surface area contributed by atoms with Gasteiger partial charge in [-0.15, -0.1) is 0 Å². The SMILES string of the molecule is CC1CC(Nc2c(C(N)=S)cnc3ccccc23)C1. The predicted octanol–water partition coefficient (Wildman–Crippen LogP) is 3.08. The summed E-state index contributed by atoms with van der Waals surface area (Å²) >= 11 is 5.14. The summed E-state index contributed by atoms with van der Waals surface area (Å²) in [6.45, 7) is 2.28. The summed E-state index contributed by atoms with van der Waals surface area (Å²) in [6, 6.07) is 8.60. The van der Waals surface area contributed by atoms with Gasteiger partial charge in [0, 0.05) is 17.6 Å². The first-order valence-electron chi connectivity index (χ1n) is 6.59. The van der Waals surface area contributed by atoms with Crippen LogP contribution in [0.4, 0.5) is 5.69 Å². The molecule has 2 aromatic rings. The second-order valence-electron chi connectivity index (χ2n) is 5.35. The van der Waals surface area contributed by atoms with Gasteiger partial charge in [-0.3, -0.25) is 4.98 Å². The molecule has 0 aliphatic heterocycles. The molecule has 1 aliphatic carbocycles. The number of hydrogen-bond donors (Lipinski definition) is 2. The summed E-state index contributed by atoms with van der Waals surface area (Å²) in [5, 5.41) is 4.68. The number of nitrogens with zero attached hydrogens (tertiary/aromatic N) is 1. The molecule has 3 N–H and O–H groups in total. The van der Waals surface area contributed by atoms with Crippen molar-refractivity contribution in [3.05, 3.63) is 36.0 Å². The van der Waals surface area contributed by atoms with Gasteiger partial charge in [-0.1, -0.05) is 37.3 Å². The van der Waals surface area contributed by atoms with Crippen molar-refractivity contribution in [2.45, 2.75) is 25.8 Å². The van der Waals surface area contributed by atoms with Crippen molar-refractivity contribution >= 4 is 33.8 Å². The normalized spacial score (nSPS) is 21.9. The molecule has 3 rings (SSSR count). The number of anilines is 1. The Balaban J connectivity index is 2.06. The van der Waals surface area contributed by atoms with E-state index in [2.05, 4.69) is 23.3 Å². The van der Waals surface area contributed by atoms with Gasteiger partial charge in [0.15, 0.2) is 0 Å². The molecule has 1 aromatic carbocycles. The van der Waals surface area contributed by atoms with Crippen molar-refractivity contribution in [3.63, 3.8) is 0 Å². The van der Waals surface area contributed by atoms with Crippen LogP contribution in [0.2, 0.25) is 0 Å². The highest BCUT2D eigenvalue weighted by Gasteiger charge is 2.26. The Morgan fingerprint density at radius 3 is 2.79 bits per heavy atom. The summed E-state index contributed by atoms with van der Waals surface area (Å²) in [5.74, 6) is 0.805. The molecule has 4 heteroatoms. The summed E-state index contributed by atoms with van der Waals surface area (Å²) in [7, 11) is 0. The van der Waals surface area contributed by atoms with Gasteiger partial charge < -0.3 is 11.1 Å². The summed E-state index contributed by atoms with van der Waals surface area (Å²) in [5.41, 5.74) is 8.67. The lowest BCUT2D eigenvalue weighted by Crippen LogP contribution is -2.34. The van der Waals surface area contributed by atoms with Gasteiger partial charge >= 0.3 is 0 Å². The minimum Gasteiger partial charge on any atom is -0.389 e. The number of thiocarbonyl (C=S) groups is 1. The molecule has 0 unspecified atom stereocenters. The zero-order valence-corrected chi connectivity index (χ0v) is 11.7. The first-order chi connectivity index (χ1) is 9.15. The Labute approximate surface area is 118 Å². The van der Waals surface area contributed by atoms with E-state index in [1.165, 1.54) is 12.8 Å². The quantitative estimate of drug-likeness (QED) is 0.842. The molecule has 0 bridgehead atoms. The minimum atomic E-state index is 0.396. The van der Waals surface area contributed by atoms with E-state index in [9.17, 15) is 0 Å². The zero-order chi connectivity index (χ0) is 13.4. The van der Waals surface area contributed by atoms with Gasteiger partial charge in [-0.2, -0.15) is 0 Å². The first-order valence-corrected chi connectivity index (χ1v) is 7.00. The van der Waals surface area contributed by atoms with Gasteiger partial charge in [-0.25, -0.2) is 0 Å². The molecule has 19 heavy (non-hydrogen) atoms. The van der Waals surface area contributed by atoms with Crippen molar-refractivity contribution in [2.75, 3.05) is 5.32 Å². The summed E-state index contributed by atoms with van der Waals surface area (Å²) < 4.78 is 0. The lowest BCUT2D eigenvalue weighted by atomic mass is 9.81. The molecule has 1 heterocycles. The zero-order valence-electron chi connectivity index (χ0n) is 10.9. The molecular formula is C15H17N3S. The summed E-state index contributed by atoms with van der Waals surface area (Å²) in [6.07, 6.45) is 4.18. The van der Waals surface area contributed by atoms with E-state index in [4.69, 9.17) is 18.0 Å². The van der Waals surface area contributed by atoms with Crippen LogP contribution in [0.15, 0.2) is 30.5 Å². The Bertz CT molecular complexity index is 632. The highest BCUT2D eigenvalue weighted by atomic mass is 32.1. The molecule has 0 spiro atoms. The van der Waals surface area contributed by atoms with E-state index >= 15 is 0 Å². The van der Waals surface area contributed by atoms with Crippen molar-refractivity contribution in [2.24, 2.45) is 11.7 Å². The smallest absolute Gasteiger partial charge is 0.107 e. The maximum atomic E-state index is 5.82. The first kappa shape index (κ1) is 12.4. The molecule has 1 aromatic heterocycles. The molecule has 1 aliphatic rings. The van der Waals surface area contributed by atoms with E-state index < -0.39 is 0 Å². The number of benzene rings is 1. The van der Waals surface area contributed by atoms with E-state index in [-0.39, 0.29) is 0 Å².